The Morgan fingerprint density at radius 3 is 2.76 bits per heavy atom. The van der Waals surface area contributed by atoms with Gasteiger partial charge in [0.05, 0.1) is 11.9 Å². The van der Waals surface area contributed by atoms with Crippen molar-refractivity contribution in [1.82, 2.24) is 5.32 Å². The number of hydrogen-bond acceptors (Lipinski definition) is 3. The largest absolute Gasteiger partial charge is 0.389 e. The normalized spacial score (nSPS) is 29.4. The number of aliphatic imine (C=N–C) groups is 1. The highest BCUT2D eigenvalue weighted by Gasteiger charge is 2.49. The molecule has 0 aromatic heterocycles. The van der Waals surface area contributed by atoms with Crippen LogP contribution in [0, 0.1) is 17.8 Å². The summed E-state index contributed by atoms with van der Waals surface area (Å²) in [6, 6.07) is 8.07. The lowest BCUT2D eigenvalue weighted by Crippen LogP contribution is -2.43. The minimum atomic E-state index is -0.647. The average molecular weight is 361 g/mol. The molecule has 1 saturated carbocycles. The smallest absolute Gasteiger partial charge is 0.0863 e. The molecule has 2 aliphatic rings. The molecule has 1 fully saturated rings. The Bertz CT molecular complexity index is 638. The summed E-state index contributed by atoms with van der Waals surface area (Å²) in [5, 5.41) is 15.7. The standard InChI is InChI=1S/C21H29ClN2O/c1-15(2)20-8-5-18(11-16-3-6-19(22)7-4-16)21(20,25)12-17-9-10-23-14-24-13-17/h3-4,6-7,13-15,18,20,25H,5,8-12H2,1-2H3,(H,23,24). The summed E-state index contributed by atoms with van der Waals surface area (Å²) in [4.78, 5) is 4.29. The first-order valence-corrected chi connectivity index (χ1v) is 9.76. The Balaban J connectivity index is 1.80. The zero-order valence-electron chi connectivity index (χ0n) is 15.2. The van der Waals surface area contributed by atoms with E-state index in [0.717, 1.165) is 43.7 Å². The minimum absolute atomic E-state index is 0.283. The maximum Gasteiger partial charge on any atom is 0.0863 e. The molecule has 1 aliphatic carbocycles. The second kappa shape index (κ2) is 7.92. The van der Waals surface area contributed by atoms with Gasteiger partial charge in [0.15, 0.2) is 0 Å². The van der Waals surface area contributed by atoms with Gasteiger partial charge in [0, 0.05) is 17.8 Å². The molecule has 3 rings (SSSR count). The monoisotopic (exact) mass is 360 g/mol. The van der Waals surface area contributed by atoms with E-state index in [9.17, 15) is 5.11 Å². The fourth-order valence-electron chi connectivity index (χ4n) is 4.61. The Morgan fingerprint density at radius 1 is 1.28 bits per heavy atom. The van der Waals surface area contributed by atoms with Crippen molar-refractivity contribution in [3.8, 4) is 0 Å². The lowest BCUT2D eigenvalue weighted by atomic mass is 9.72. The summed E-state index contributed by atoms with van der Waals surface area (Å²) in [7, 11) is 0. The third-order valence-corrected chi connectivity index (χ3v) is 6.15. The fourth-order valence-corrected chi connectivity index (χ4v) is 4.74. The zero-order valence-corrected chi connectivity index (χ0v) is 16.0. The molecule has 2 N–H and O–H groups in total. The first-order chi connectivity index (χ1) is 12.0. The first kappa shape index (κ1) is 18.5. The molecule has 3 nitrogen and oxygen atoms in total. The molecule has 3 atom stereocenters. The van der Waals surface area contributed by atoms with E-state index < -0.39 is 5.60 Å². The van der Waals surface area contributed by atoms with Crippen molar-refractivity contribution in [1.29, 1.82) is 0 Å². The summed E-state index contributed by atoms with van der Waals surface area (Å²) < 4.78 is 0. The van der Waals surface area contributed by atoms with Crippen molar-refractivity contribution in [2.24, 2.45) is 22.7 Å². The highest BCUT2D eigenvalue weighted by Crippen LogP contribution is 2.49. The lowest BCUT2D eigenvalue weighted by molar-refractivity contribution is -0.0506. The molecule has 25 heavy (non-hydrogen) atoms. The molecular formula is C21H29ClN2O. The third-order valence-electron chi connectivity index (χ3n) is 5.90. The second-order valence-electron chi connectivity index (χ2n) is 7.88. The predicted molar refractivity (Wildman–Crippen MR) is 105 cm³/mol. The second-order valence-corrected chi connectivity index (χ2v) is 8.31. The van der Waals surface area contributed by atoms with Crippen LogP contribution in [0.15, 0.2) is 41.0 Å². The van der Waals surface area contributed by atoms with Gasteiger partial charge in [0.25, 0.3) is 0 Å². The lowest BCUT2D eigenvalue weighted by Gasteiger charge is -2.38. The van der Waals surface area contributed by atoms with Crippen molar-refractivity contribution in [3.63, 3.8) is 0 Å². The molecule has 0 spiro atoms. The number of nitrogens with zero attached hydrogens (tertiary/aromatic N) is 1. The summed E-state index contributed by atoms with van der Waals surface area (Å²) in [5.41, 5.74) is 1.88. The Kier molecular flexibility index (Phi) is 5.85. The van der Waals surface area contributed by atoms with Crippen LogP contribution in [0.1, 0.15) is 45.1 Å². The van der Waals surface area contributed by atoms with Gasteiger partial charge >= 0.3 is 0 Å². The van der Waals surface area contributed by atoms with Crippen molar-refractivity contribution in [3.05, 3.63) is 46.6 Å². The number of halogens is 1. The zero-order chi connectivity index (χ0) is 17.9. The van der Waals surface area contributed by atoms with Crippen LogP contribution in [0.3, 0.4) is 0 Å². The van der Waals surface area contributed by atoms with Crippen LogP contribution in [0.25, 0.3) is 0 Å². The van der Waals surface area contributed by atoms with E-state index in [1.807, 2.05) is 18.3 Å². The van der Waals surface area contributed by atoms with E-state index in [4.69, 9.17) is 11.6 Å². The van der Waals surface area contributed by atoms with Crippen LogP contribution >= 0.6 is 11.6 Å². The van der Waals surface area contributed by atoms with Gasteiger partial charge in [-0.3, -0.25) is 4.99 Å². The van der Waals surface area contributed by atoms with E-state index in [0.29, 0.717) is 11.8 Å². The summed E-state index contributed by atoms with van der Waals surface area (Å²) in [5.74, 6) is 1.11. The van der Waals surface area contributed by atoms with Crippen LogP contribution in [-0.2, 0) is 6.42 Å². The number of benzene rings is 1. The minimum Gasteiger partial charge on any atom is -0.389 e. The molecule has 0 saturated heterocycles. The highest BCUT2D eigenvalue weighted by molar-refractivity contribution is 6.30. The van der Waals surface area contributed by atoms with E-state index in [-0.39, 0.29) is 5.92 Å². The Labute approximate surface area is 156 Å². The Hall–Kier alpha value is -1.32. The summed E-state index contributed by atoms with van der Waals surface area (Å²) in [6.45, 7) is 5.27. The van der Waals surface area contributed by atoms with Crippen molar-refractivity contribution < 1.29 is 5.11 Å². The van der Waals surface area contributed by atoms with Gasteiger partial charge in [-0.2, -0.15) is 0 Å². The number of rotatable bonds is 5. The Morgan fingerprint density at radius 2 is 2.04 bits per heavy atom. The molecule has 1 heterocycles. The maximum absolute atomic E-state index is 11.8. The number of nitrogens with one attached hydrogen (secondary N) is 1. The van der Waals surface area contributed by atoms with Gasteiger partial charge < -0.3 is 10.4 Å². The van der Waals surface area contributed by atoms with E-state index in [1.54, 1.807) is 6.34 Å². The van der Waals surface area contributed by atoms with E-state index in [2.05, 4.69) is 36.3 Å². The molecule has 1 aromatic carbocycles. The molecule has 0 radical (unpaired) electrons. The van der Waals surface area contributed by atoms with E-state index >= 15 is 0 Å². The van der Waals surface area contributed by atoms with Crippen LogP contribution in [0.4, 0.5) is 0 Å². The van der Waals surface area contributed by atoms with Crippen LogP contribution in [-0.4, -0.2) is 23.6 Å². The molecular weight excluding hydrogens is 332 g/mol. The summed E-state index contributed by atoms with van der Waals surface area (Å²) in [6.07, 6.45) is 8.53. The number of hydrogen-bond donors (Lipinski definition) is 2. The average Bonchev–Trinajstić information content (AvgIpc) is 2.74. The van der Waals surface area contributed by atoms with Crippen molar-refractivity contribution >= 4 is 17.9 Å². The topological polar surface area (TPSA) is 44.6 Å². The van der Waals surface area contributed by atoms with Crippen LogP contribution in [0.2, 0.25) is 5.02 Å². The van der Waals surface area contributed by atoms with Gasteiger partial charge in [0.1, 0.15) is 0 Å². The van der Waals surface area contributed by atoms with Crippen molar-refractivity contribution in [2.45, 2.75) is 51.6 Å². The van der Waals surface area contributed by atoms with Gasteiger partial charge in [-0.15, -0.1) is 0 Å². The molecule has 1 aliphatic heterocycles. The van der Waals surface area contributed by atoms with Crippen molar-refractivity contribution in [2.75, 3.05) is 6.54 Å². The summed E-state index contributed by atoms with van der Waals surface area (Å²) >= 11 is 6.02. The molecule has 0 bridgehead atoms. The number of aliphatic hydroxyl groups is 1. The first-order valence-electron chi connectivity index (χ1n) is 9.38. The molecule has 1 aromatic rings. The molecule has 3 unspecified atom stereocenters. The van der Waals surface area contributed by atoms with Gasteiger partial charge in [-0.05, 0) is 73.1 Å². The predicted octanol–water partition coefficient (Wildman–Crippen LogP) is 4.59. The van der Waals surface area contributed by atoms with Crippen LogP contribution < -0.4 is 5.32 Å². The van der Waals surface area contributed by atoms with Gasteiger partial charge in [-0.1, -0.05) is 37.6 Å². The molecule has 4 heteroatoms. The van der Waals surface area contributed by atoms with Gasteiger partial charge in [0.2, 0.25) is 0 Å². The highest BCUT2D eigenvalue weighted by atomic mass is 35.5. The SMILES string of the molecule is CC(C)C1CCC(Cc2ccc(Cl)cc2)C1(O)CC1=CNC=NCC1. The fraction of sp³-hybridized carbons (Fsp3) is 0.571. The van der Waals surface area contributed by atoms with Gasteiger partial charge in [-0.25, -0.2) is 0 Å². The molecule has 0 amide bonds. The van der Waals surface area contributed by atoms with Crippen LogP contribution in [0.5, 0.6) is 0 Å². The maximum atomic E-state index is 11.8. The van der Waals surface area contributed by atoms with E-state index in [1.165, 1.54) is 11.1 Å². The third kappa shape index (κ3) is 4.27. The molecule has 136 valence electrons. The quantitative estimate of drug-likeness (QED) is 0.806.